The van der Waals surface area contributed by atoms with Gasteiger partial charge in [-0.1, -0.05) is 12.5 Å². The van der Waals surface area contributed by atoms with Crippen LogP contribution in [0.15, 0.2) is 30.5 Å². The van der Waals surface area contributed by atoms with Crippen LogP contribution in [0, 0.1) is 0 Å². The van der Waals surface area contributed by atoms with Crippen molar-refractivity contribution in [2.24, 2.45) is 0 Å². The molecule has 26 heavy (non-hydrogen) atoms. The number of aromatic nitrogens is 1. The van der Waals surface area contributed by atoms with Crippen molar-refractivity contribution < 1.29 is 34.6 Å². The highest BCUT2D eigenvalue weighted by Crippen LogP contribution is 1.99. The second-order valence-corrected chi connectivity index (χ2v) is 4.83. The van der Waals surface area contributed by atoms with Gasteiger partial charge in [-0.3, -0.25) is 19.8 Å². The molecule has 1 rings (SSSR count). The summed E-state index contributed by atoms with van der Waals surface area (Å²) in [6.45, 7) is 0.562. The van der Waals surface area contributed by atoms with Gasteiger partial charge in [0, 0.05) is 25.2 Å². The number of hydrogen-bond acceptors (Lipinski definition) is 6. The summed E-state index contributed by atoms with van der Waals surface area (Å²) in [6.07, 6.45) is 7.36. The van der Waals surface area contributed by atoms with Gasteiger partial charge in [0.05, 0.1) is 5.69 Å². The predicted molar refractivity (Wildman–Crippen MR) is 89.9 cm³/mol. The Hall–Kier alpha value is -3.27. The van der Waals surface area contributed by atoms with Gasteiger partial charge >= 0.3 is 11.9 Å². The van der Waals surface area contributed by atoms with E-state index in [-0.39, 0.29) is 11.8 Å². The number of amides is 2. The second kappa shape index (κ2) is 14.1. The van der Waals surface area contributed by atoms with E-state index in [0.29, 0.717) is 19.4 Å². The summed E-state index contributed by atoms with van der Waals surface area (Å²) in [6, 6.07) is 5.48. The van der Waals surface area contributed by atoms with Crippen LogP contribution in [0.25, 0.3) is 6.08 Å². The van der Waals surface area contributed by atoms with E-state index >= 15 is 0 Å². The Morgan fingerprint density at radius 2 is 1.73 bits per heavy atom. The number of nitrogens with one attached hydrogen (secondary N) is 2. The maximum Gasteiger partial charge on any atom is 0.414 e. The zero-order valence-electron chi connectivity index (χ0n) is 13.9. The number of aliphatic carboxylic acids is 2. The lowest BCUT2D eigenvalue weighted by Crippen LogP contribution is -2.22. The molecule has 0 aliphatic carbocycles. The molecule has 1 heterocycles. The lowest BCUT2D eigenvalue weighted by molar-refractivity contribution is -0.159. The molecule has 0 fully saturated rings. The summed E-state index contributed by atoms with van der Waals surface area (Å²) in [5.41, 5.74) is 2.32. The third-order valence-corrected chi connectivity index (χ3v) is 2.78. The van der Waals surface area contributed by atoms with Crippen LogP contribution in [-0.2, 0) is 19.2 Å². The topological polar surface area (TPSA) is 166 Å². The molecule has 0 saturated heterocycles. The molecule has 0 saturated carbocycles. The fourth-order valence-electron chi connectivity index (χ4n) is 1.55. The Kier molecular flexibility index (Phi) is 12.3. The molecule has 0 spiro atoms. The van der Waals surface area contributed by atoms with Crippen LogP contribution in [0.3, 0.4) is 0 Å². The molecule has 0 aliphatic heterocycles. The van der Waals surface area contributed by atoms with Crippen molar-refractivity contribution in [3.8, 4) is 0 Å². The summed E-state index contributed by atoms with van der Waals surface area (Å²) in [4.78, 5) is 44.5. The lowest BCUT2D eigenvalue weighted by Gasteiger charge is -2.02. The van der Waals surface area contributed by atoms with Gasteiger partial charge in [-0.15, -0.1) is 0 Å². The molecule has 142 valence electrons. The van der Waals surface area contributed by atoms with Gasteiger partial charge < -0.3 is 15.5 Å². The summed E-state index contributed by atoms with van der Waals surface area (Å²) in [5.74, 6) is -4.19. The van der Waals surface area contributed by atoms with Gasteiger partial charge in [-0.25, -0.2) is 15.1 Å². The monoisotopic (exact) mass is 367 g/mol. The van der Waals surface area contributed by atoms with Crippen LogP contribution < -0.4 is 10.8 Å². The van der Waals surface area contributed by atoms with E-state index in [1.54, 1.807) is 17.8 Å². The van der Waals surface area contributed by atoms with Crippen molar-refractivity contribution in [1.82, 2.24) is 15.8 Å². The molecule has 0 aromatic carbocycles. The number of pyridine rings is 1. The molecule has 0 bridgehead atoms. The SMILES string of the molecule is O=C(/C=C/c1ccccn1)NCCCCCC(=O)NO.O=C(O)C(=O)O. The first kappa shape index (κ1) is 22.7. The van der Waals surface area contributed by atoms with E-state index in [4.69, 9.17) is 25.0 Å². The highest BCUT2D eigenvalue weighted by Gasteiger charge is 2.04. The van der Waals surface area contributed by atoms with Crippen LogP contribution in [0.2, 0.25) is 0 Å². The Labute approximate surface area is 149 Å². The van der Waals surface area contributed by atoms with Gasteiger partial charge in [-0.2, -0.15) is 0 Å². The van der Waals surface area contributed by atoms with Gasteiger partial charge in [0.25, 0.3) is 0 Å². The van der Waals surface area contributed by atoms with Gasteiger partial charge in [-0.05, 0) is 31.1 Å². The number of carboxylic acid groups (broad SMARTS) is 2. The standard InChI is InChI=1S/C14H19N3O3.C2H2O4/c18-13(9-8-12-6-3-5-10-15-12)16-11-4-1-2-7-14(19)17-20;3-1(4)2(5)6/h3,5-6,8-10,20H,1-2,4,7,11H2,(H,16,18)(H,17,19);(H,3,4)(H,5,6)/b9-8+;. The second-order valence-electron chi connectivity index (χ2n) is 4.83. The van der Waals surface area contributed by atoms with Crippen molar-refractivity contribution in [1.29, 1.82) is 0 Å². The first-order valence-corrected chi connectivity index (χ1v) is 7.63. The Morgan fingerprint density at radius 3 is 2.27 bits per heavy atom. The number of hydrogen-bond donors (Lipinski definition) is 5. The van der Waals surface area contributed by atoms with Crippen molar-refractivity contribution in [3.63, 3.8) is 0 Å². The quantitative estimate of drug-likeness (QED) is 0.145. The minimum absolute atomic E-state index is 0.163. The van der Waals surface area contributed by atoms with Gasteiger partial charge in [0.2, 0.25) is 11.8 Å². The number of carboxylic acids is 2. The molecule has 10 nitrogen and oxygen atoms in total. The van der Waals surface area contributed by atoms with Gasteiger partial charge in [0.1, 0.15) is 0 Å². The minimum atomic E-state index is -1.82. The van der Waals surface area contributed by atoms with Crippen LogP contribution >= 0.6 is 0 Å². The zero-order chi connectivity index (χ0) is 19.8. The van der Waals surface area contributed by atoms with Crippen LogP contribution in [0.5, 0.6) is 0 Å². The third kappa shape index (κ3) is 13.2. The average molecular weight is 367 g/mol. The fourth-order valence-corrected chi connectivity index (χ4v) is 1.55. The van der Waals surface area contributed by atoms with E-state index < -0.39 is 11.9 Å². The molecule has 5 N–H and O–H groups in total. The van der Waals surface area contributed by atoms with E-state index in [2.05, 4.69) is 10.3 Å². The van der Waals surface area contributed by atoms with E-state index in [9.17, 15) is 9.59 Å². The molecule has 0 aliphatic rings. The molecule has 10 heteroatoms. The molecular formula is C16H21N3O7. The van der Waals surface area contributed by atoms with Crippen molar-refractivity contribution in [3.05, 3.63) is 36.2 Å². The Bertz CT molecular complexity index is 606. The molecule has 2 amide bonds. The van der Waals surface area contributed by atoms with E-state index in [0.717, 1.165) is 18.5 Å². The van der Waals surface area contributed by atoms with E-state index in [1.165, 1.54) is 6.08 Å². The number of carbonyl (C=O) groups is 4. The Balaban J connectivity index is 0.000000896. The van der Waals surface area contributed by atoms with Crippen LogP contribution in [0.1, 0.15) is 31.4 Å². The summed E-state index contributed by atoms with van der Waals surface area (Å²) in [7, 11) is 0. The number of rotatable bonds is 8. The first-order chi connectivity index (χ1) is 12.4. The van der Waals surface area contributed by atoms with Crippen LogP contribution in [0.4, 0.5) is 0 Å². The normalized spacial score (nSPS) is 9.73. The maximum absolute atomic E-state index is 11.5. The fraction of sp³-hybridized carbons (Fsp3) is 0.312. The molecule has 0 atom stereocenters. The Morgan fingerprint density at radius 1 is 1.04 bits per heavy atom. The van der Waals surface area contributed by atoms with Crippen LogP contribution in [-0.4, -0.2) is 50.7 Å². The molecular weight excluding hydrogens is 346 g/mol. The number of unbranched alkanes of at least 4 members (excludes halogenated alkanes) is 2. The highest BCUT2D eigenvalue weighted by atomic mass is 16.5. The third-order valence-electron chi connectivity index (χ3n) is 2.78. The van der Waals surface area contributed by atoms with Crippen molar-refractivity contribution in [2.45, 2.75) is 25.7 Å². The van der Waals surface area contributed by atoms with E-state index in [1.807, 2.05) is 18.2 Å². The summed E-state index contributed by atoms with van der Waals surface area (Å²) >= 11 is 0. The summed E-state index contributed by atoms with van der Waals surface area (Å²) in [5, 5.41) is 25.8. The molecule has 1 aromatic heterocycles. The first-order valence-electron chi connectivity index (χ1n) is 7.63. The minimum Gasteiger partial charge on any atom is -0.473 e. The van der Waals surface area contributed by atoms with Crippen molar-refractivity contribution in [2.75, 3.05) is 6.54 Å². The van der Waals surface area contributed by atoms with Gasteiger partial charge in [0.15, 0.2) is 0 Å². The van der Waals surface area contributed by atoms with Crippen molar-refractivity contribution >= 4 is 29.8 Å². The number of hydroxylamine groups is 1. The molecule has 1 aromatic rings. The predicted octanol–water partition coefficient (Wildman–Crippen LogP) is 0.432. The molecule has 0 unspecified atom stereocenters. The zero-order valence-corrected chi connectivity index (χ0v) is 13.9. The lowest BCUT2D eigenvalue weighted by atomic mass is 10.2. The average Bonchev–Trinajstić information content (AvgIpc) is 2.63. The molecule has 0 radical (unpaired) electrons. The number of nitrogens with zero attached hydrogens (tertiary/aromatic N) is 1. The highest BCUT2D eigenvalue weighted by molar-refractivity contribution is 6.27. The largest absolute Gasteiger partial charge is 0.473 e. The number of carbonyl (C=O) groups excluding carboxylic acids is 2. The summed E-state index contributed by atoms with van der Waals surface area (Å²) < 4.78 is 0. The smallest absolute Gasteiger partial charge is 0.414 e. The maximum atomic E-state index is 11.5.